The van der Waals surface area contributed by atoms with Crippen LogP contribution in [0.3, 0.4) is 0 Å². The largest absolute Gasteiger partial charge is 0.487 e. The second-order valence-electron chi connectivity index (χ2n) is 5.48. The zero-order valence-corrected chi connectivity index (χ0v) is 13.2. The lowest BCUT2D eigenvalue weighted by Crippen LogP contribution is -2.10. The van der Waals surface area contributed by atoms with Gasteiger partial charge in [0.1, 0.15) is 12.4 Å². The van der Waals surface area contributed by atoms with Crippen molar-refractivity contribution in [1.29, 1.82) is 0 Å². The number of aromatic amines is 1. The first-order chi connectivity index (χ1) is 11.2. The van der Waals surface area contributed by atoms with E-state index in [0.717, 1.165) is 22.5 Å². The summed E-state index contributed by atoms with van der Waals surface area (Å²) in [7, 11) is 1.40. The van der Waals surface area contributed by atoms with E-state index in [0.29, 0.717) is 6.61 Å². The number of hydrogen-bond acceptors (Lipinski definition) is 3. The lowest BCUT2D eigenvalue weighted by Gasteiger charge is -2.10. The summed E-state index contributed by atoms with van der Waals surface area (Å²) < 4.78 is 10.6. The minimum atomic E-state index is -0.275. The first-order valence-corrected chi connectivity index (χ1v) is 7.54. The molecule has 1 N–H and O–H groups in total. The third kappa shape index (κ3) is 3.37. The summed E-state index contributed by atoms with van der Waals surface area (Å²) in [6.07, 6.45) is 0. The number of H-pyrrole nitrogens is 1. The van der Waals surface area contributed by atoms with Crippen molar-refractivity contribution >= 4 is 16.9 Å². The van der Waals surface area contributed by atoms with Gasteiger partial charge >= 0.3 is 5.97 Å². The molecule has 3 rings (SSSR count). The average molecular weight is 309 g/mol. The fraction of sp³-hybridized carbons (Fsp3) is 0.211. The summed E-state index contributed by atoms with van der Waals surface area (Å²) >= 11 is 0. The minimum absolute atomic E-state index is 0.239. The first-order valence-electron chi connectivity index (χ1n) is 7.54. The first kappa shape index (κ1) is 15.2. The molecule has 0 amide bonds. The summed E-state index contributed by atoms with van der Waals surface area (Å²) in [5, 5.41) is 1.17. The molecule has 4 heteroatoms. The fourth-order valence-corrected chi connectivity index (χ4v) is 2.54. The molecule has 0 aliphatic rings. The monoisotopic (exact) mass is 309 g/mol. The van der Waals surface area contributed by atoms with Crippen molar-refractivity contribution in [2.75, 3.05) is 7.11 Å². The highest BCUT2D eigenvalue weighted by Crippen LogP contribution is 2.21. The second kappa shape index (κ2) is 6.57. The number of aromatic nitrogens is 1. The Balaban J connectivity index is 1.65. The molecule has 0 aliphatic heterocycles. The molecule has 4 nitrogen and oxygen atoms in total. The third-order valence-electron chi connectivity index (χ3n) is 3.91. The molecule has 1 unspecified atom stereocenters. The van der Waals surface area contributed by atoms with Gasteiger partial charge in [-0.1, -0.05) is 30.3 Å². The van der Waals surface area contributed by atoms with Crippen molar-refractivity contribution in [3.8, 4) is 5.75 Å². The van der Waals surface area contributed by atoms with Gasteiger partial charge in [-0.15, -0.1) is 0 Å². The lowest BCUT2D eigenvalue weighted by molar-refractivity contribution is -0.141. The van der Waals surface area contributed by atoms with Gasteiger partial charge in [0.05, 0.1) is 18.7 Å². The number of rotatable bonds is 5. The predicted molar refractivity (Wildman–Crippen MR) is 89.5 cm³/mol. The van der Waals surface area contributed by atoms with Crippen molar-refractivity contribution in [2.45, 2.75) is 19.4 Å². The molecule has 0 fully saturated rings. The maximum atomic E-state index is 11.5. The quantitative estimate of drug-likeness (QED) is 0.724. The van der Waals surface area contributed by atoms with E-state index in [1.807, 2.05) is 49.4 Å². The Hall–Kier alpha value is -2.75. The second-order valence-corrected chi connectivity index (χ2v) is 5.48. The van der Waals surface area contributed by atoms with Crippen LogP contribution in [0.25, 0.3) is 10.9 Å². The van der Waals surface area contributed by atoms with E-state index in [1.165, 1.54) is 12.5 Å². The zero-order valence-electron chi connectivity index (χ0n) is 13.2. The van der Waals surface area contributed by atoms with E-state index in [-0.39, 0.29) is 11.9 Å². The summed E-state index contributed by atoms with van der Waals surface area (Å²) in [5.41, 5.74) is 3.04. The lowest BCUT2D eigenvalue weighted by atomic mass is 10.0. The van der Waals surface area contributed by atoms with Crippen LogP contribution < -0.4 is 4.74 Å². The topological polar surface area (TPSA) is 51.3 Å². The number of esters is 1. The van der Waals surface area contributed by atoms with Crippen LogP contribution in [0, 0.1) is 0 Å². The molecule has 2 aromatic carbocycles. The van der Waals surface area contributed by atoms with Crippen molar-refractivity contribution in [2.24, 2.45) is 0 Å². The van der Waals surface area contributed by atoms with Gasteiger partial charge in [0.15, 0.2) is 0 Å². The number of fused-ring (bicyclic) bond motifs is 1. The van der Waals surface area contributed by atoms with Gasteiger partial charge in [0.2, 0.25) is 0 Å². The minimum Gasteiger partial charge on any atom is -0.487 e. The van der Waals surface area contributed by atoms with Gasteiger partial charge in [-0.2, -0.15) is 0 Å². The van der Waals surface area contributed by atoms with Gasteiger partial charge in [-0.25, -0.2) is 0 Å². The Morgan fingerprint density at radius 1 is 1.13 bits per heavy atom. The highest BCUT2D eigenvalue weighted by molar-refractivity contribution is 5.80. The van der Waals surface area contributed by atoms with Crippen LogP contribution in [-0.4, -0.2) is 18.1 Å². The van der Waals surface area contributed by atoms with Gasteiger partial charge < -0.3 is 14.5 Å². The predicted octanol–water partition coefficient (Wildman–Crippen LogP) is 4.02. The number of nitrogens with one attached hydrogen (secondary N) is 1. The molecule has 0 saturated heterocycles. The standard InChI is InChI=1S/C19H19NO3/c1-13(19(21)22-2)14-7-9-17(10-8-14)23-12-16-11-15-5-3-4-6-18(15)20-16/h3-11,13,20H,12H2,1-2H3. The number of ether oxygens (including phenoxy) is 2. The highest BCUT2D eigenvalue weighted by Gasteiger charge is 2.15. The van der Waals surface area contributed by atoms with Crippen molar-refractivity contribution in [3.05, 3.63) is 65.9 Å². The number of benzene rings is 2. The molecule has 118 valence electrons. The normalized spacial score (nSPS) is 12.1. The van der Waals surface area contributed by atoms with Crippen LogP contribution in [-0.2, 0) is 16.1 Å². The summed E-state index contributed by atoms with van der Waals surface area (Å²) in [4.78, 5) is 14.9. The number of methoxy groups -OCH3 is 1. The Morgan fingerprint density at radius 2 is 1.87 bits per heavy atom. The van der Waals surface area contributed by atoms with E-state index in [4.69, 9.17) is 9.47 Å². The highest BCUT2D eigenvalue weighted by atomic mass is 16.5. The maximum absolute atomic E-state index is 11.5. The number of carbonyl (C=O) groups is 1. The van der Waals surface area contributed by atoms with Crippen LogP contribution in [0.2, 0.25) is 0 Å². The molecule has 0 saturated carbocycles. The summed E-state index contributed by atoms with van der Waals surface area (Å²) in [6, 6.07) is 17.7. The number of carbonyl (C=O) groups excluding carboxylic acids is 1. The maximum Gasteiger partial charge on any atom is 0.312 e. The van der Waals surface area contributed by atoms with E-state index in [1.54, 1.807) is 0 Å². The number of hydrogen-bond donors (Lipinski definition) is 1. The SMILES string of the molecule is COC(=O)C(C)c1ccc(OCc2cc3ccccc3[nH]2)cc1. The number of para-hydroxylation sites is 1. The molecular weight excluding hydrogens is 290 g/mol. The van der Waals surface area contributed by atoms with Crippen molar-refractivity contribution < 1.29 is 14.3 Å². The molecule has 3 aromatic rings. The van der Waals surface area contributed by atoms with Crippen molar-refractivity contribution in [3.63, 3.8) is 0 Å². The molecule has 0 radical (unpaired) electrons. The van der Waals surface area contributed by atoms with E-state index in [9.17, 15) is 4.79 Å². The van der Waals surface area contributed by atoms with Crippen LogP contribution in [0.4, 0.5) is 0 Å². The Morgan fingerprint density at radius 3 is 2.57 bits per heavy atom. The average Bonchev–Trinajstić information content (AvgIpc) is 3.02. The zero-order chi connectivity index (χ0) is 16.2. The molecule has 1 aromatic heterocycles. The molecule has 0 spiro atoms. The van der Waals surface area contributed by atoms with Crippen LogP contribution in [0.1, 0.15) is 24.1 Å². The third-order valence-corrected chi connectivity index (χ3v) is 3.91. The van der Waals surface area contributed by atoms with Crippen LogP contribution in [0.15, 0.2) is 54.6 Å². The summed E-state index contributed by atoms with van der Waals surface area (Å²) in [6.45, 7) is 2.30. The molecule has 0 aliphatic carbocycles. The van der Waals surface area contributed by atoms with Crippen LogP contribution >= 0.6 is 0 Å². The molecular formula is C19H19NO3. The van der Waals surface area contributed by atoms with Gasteiger partial charge in [0, 0.05) is 5.52 Å². The Kier molecular flexibility index (Phi) is 4.33. The Bertz CT molecular complexity index is 772. The van der Waals surface area contributed by atoms with Crippen LogP contribution in [0.5, 0.6) is 5.75 Å². The van der Waals surface area contributed by atoms with Gasteiger partial charge in [0.25, 0.3) is 0 Å². The van der Waals surface area contributed by atoms with E-state index in [2.05, 4.69) is 17.1 Å². The molecule has 1 atom stereocenters. The molecule has 1 heterocycles. The molecule has 23 heavy (non-hydrogen) atoms. The smallest absolute Gasteiger partial charge is 0.312 e. The van der Waals surface area contributed by atoms with Crippen molar-refractivity contribution in [1.82, 2.24) is 4.98 Å². The Labute approximate surface area is 135 Å². The van der Waals surface area contributed by atoms with E-state index >= 15 is 0 Å². The van der Waals surface area contributed by atoms with Gasteiger partial charge in [-0.3, -0.25) is 4.79 Å². The molecule has 0 bridgehead atoms. The van der Waals surface area contributed by atoms with Gasteiger partial charge in [-0.05, 0) is 42.1 Å². The summed E-state index contributed by atoms with van der Waals surface area (Å²) in [5.74, 6) is 0.254. The van der Waals surface area contributed by atoms with E-state index < -0.39 is 0 Å². The fourth-order valence-electron chi connectivity index (χ4n) is 2.54.